The van der Waals surface area contributed by atoms with E-state index in [4.69, 9.17) is 0 Å². The monoisotopic (exact) mass is 520 g/mol. The fourth-order valence-corrected chi connectivity index (χ4v) is 3.29. The summed E-state index contributed by atoms with van der Waals surface area (Å²) in [5.74, 6) is 1.82. The molecule has 0 spiro atoms. The highest BCUT2D eigenvalue weighted by atomic mass is 127. The molecule has 1 aromatic heterocycles. The topological polar surface area (TPSA) is 68.3 Å². The molecule has 3 aromatic rings. The van der Waals surface area contributed by atoms with E-state index >= 15 is 0 Å². The van der Waals surface area contributed by atoms with E-state index in [1.54, 1.807) is 0 Å². The predicted molar refractivity (Wildman–Crippen MR) is 137 cm³/mol. The molecule has 30 heavy (non-hydrogen) atoms. The average molecular weight is 520 g/mol. The number of hydrogen-bond donors (Lipinski definition) is 3. The van der Waals surface area contributed by atoms with Gasteiger partial charge in [-0.15, -0.1) is 24.0 Å². The molecule has 1 heterocycles. The van der Waals surface area contributed by atoms with Crippen LogP contribution < -0.4 is 10.6 Å². The summed E-state index contributed by atoms with van der Waals surface area (Å²) in [7, 11) is 3.99. The maximum atomic E-state index is 4.61. The second-order valence-corrected chi connectivity index (χ2v) is 7.41. The highest BCUT2D eigenvalue weighted by Crippen LogP contribution is 2.10. The highest BCUT2D eigenvalue weighted by Gasteiger charge is 2.10. The number of benzene rings is 2. The van der Waals surface area contributed by atoms with Crippen LogP contribution in [-0.2, 0) is 13.0 Å². The summed E-state index contributed by atoms with van der Waals surface area (Å²) < 4.78 is 0. The Kier molecular flexibility index (Phi) is 10.1. The summed E-state index contributed by atoms with van der Waals surface area (Å²) in [5, 5.41) is 6.78. The van der Waals surface area contributed by atoms with E-state index in [9.17, 15) is 0 Å². The molecule has 0 bridgehead atoms. The molecule has 0 amide bonds. The van der Waals surface area contributed by atoms with Crippen molar-refractivity contribution in [1.82, 2.24) is 25.5 Å². The van der Waals surface area contributed by atoms with Crippen LogP contribution in [0.3, 0.4) is 0 Å². The first kappa shape index (κ1) is 24.1. The zero-order valence-corrected chi connectivity index (χ0v) is 20.4. The number of guanidine groups is 1. The largest absolute Gasteiger partial charge is 0.356 e. The van der Waals surface area contributed by atoms with Gasteiger partial charge >= 0.3 is 0 Å². The minimum absolute atomic E-state index is 0. The third-order valence-corrected chi connectivity index (χ3v) is 5.20. The molecule has 0 aliphatic carbocycles. The first-order chi connectivity index (χ1) is 14.2. The molecule has 0 aliphatic heterocycles. The van der Waals surface area contributed by atoms with Crippen LogP contribution >= 0.6 is 24.0 Å². The van der Waals surface area contributed by atoms with Gasteiger partial charge in [-0.1, -0.05) is 42.5 Å². The third kappa shape index (κ3) is 7.28. The zero-order valence-electron chi connectivity index (χ0n) is 18.1. The molecule has 1 atom stereocenters. The number of aromatic nitrogens is 2. The standard InChI is InChI=1S/C23H32N6.HI/c1-18(29(3)17-19-9-5-4-6-10-19)13-15-25-23(24-2)26-16-14-22-27-20-11-7-8-12-21(20)28-22;/h4-12,18H,13-17H2,1-3H3,(H,27,28)(H2,24,25,26);1H. The number of imidazole rings is 1. The first-order valence-corrected chi connectivity index (χ1v) is 10.3. The van der Waals surface area contributed by atoms with Crippen LogP contribution in [0, 0.1) is 0 Å². The Morgan fingerprint density at radius 1 is 1.07 bits per heavy atom. The quantitative estimate of drug-likeness (QED) is 0.228. The second-order valence-electron chi connectivity index (χ2n) is 7.41. The van der Waals surface area contributed by atoms with Crippen molar-refractivity contribution >= 4 is 41.0 Å². The van der Waals surface area contributed by atoms with Gasteiger partial charge in [-0.2, -0.15) is 0 Å². The molecule has 2 aromatic carbocycles. The number of hydrogen-bond acceptors (Lipinski definition) is 3. The normalized spacial score (nSPS) is 12.6. The smallest absolute Gasteiger partial charge is 0.190 e. The van der Waals surface area contributed by atoms with E-state index in [-0.39, 0.29) is 24.0 Å². The van der Waals surface area contributed by atoms with Crippen LogP contribution in [0.4, 0.5) is 0 Å². The minimum atomic E-state index is 0. The zero-order chi connectivity index (χ0) is 20.5. The summed E-state index contributed by atoms with van der Waals surface area (Å²) in [6.45, 7) is 4.89. The number of halogens is 1. The van der Waals surface area contributed by atoms with E-state index in [1.807, 2.05) is 25.2 Å². The Hall–Kier alpha value is -2.13. The Balaban J connectivity index is 0.00000320. The van der Waals surface area contributed by atoms with Crippen LogP contribution in [0.25, 0.3) is 11.0 Å². The number of nitrogens with one attached hydrogen (secondary N) is 3. The number of aromatic amines is 1. The second kappa shape index (κ2) is 12.5. The molecule has 0 fully saturated rings. The molecule has 0 saturated heterocycles. The van der Waals surface area contributed by atoms with Crippen molar-refractivity contribution in [2.45, 2.75) is 32.4 Å². The molecule has 0 radical (unpaired) electrons. The minimum Gasteiger partial charge on any atom is -0.356 e. The molecule has 1 unspecified atom stereocenters. The van der Waals surface area contributed by atoms with Gasteiger partial charge in [0.2, 0.25) is 0 Å². The van der Waals surface area contributed by atoms with Gasteiger partial charge in [-0.05, 0) is 38.1 Å². The number of rotatable bonds is 9. The summed E-state index contributed by atoms with van der Waals surface area (Å²) in [6.07, 6.45) is 1.87. The van der Waals surface area contributed by atoms with Gasteiger partial charge in [0.1, 0.15) is 5.82 Å². The van der Waals surface area contributed by atoms with Crippen molar-refractivity contribution in [3.63, 3.8) is 0 Å². The molecule has 162 valence electrons. The molecule has 3 rings (SSSR count). The van der Waals surface area contributed by atoms with Crippen molar-refractivity contribution in [2.24, 2.45) is 4.99 Å². The van der Waals surface area contributed by atoms with E-state index in [0.29, 0.717) is 6.04 Å². The summed E-state index contributed by atoms with van der Waals surface area (Å²) in [6, 6.07) is 19.2. The van der Waals surface area contributed by atoms with Crippen molar-refractivity contribution in [3.8, 4) is 0 Å². The van der Waals surface area contributed by atoms with Crippen LogP contribution in [0.2, 0.25) is 0 Å². The van der Waals surface area contributed by atoms with Gasteiger partial charge in [0.05, 0.1) is 11.0 Å². The predicted octanol–water partition coefficient (Wildman–Crippen LogP) is 3.80. The molecule has 0 aliphatic rings. The number of fused-ring (bicyclic) bond motifs is 1. The van der Waals surface area contributed by atoms with Crippen LogP contribution in [0.5, 0.6) is 0 Å². The molecule has 3 N–H and O–H groups in total. The Morgan fingerprint density at radius 3 is 2.50 bits per heavy atom. The fraction of sp³-hybridized carbons (Fsp3) is 0.391. The van der Waals surface area contributed by atoms with Crippen molar-refractivity contribution in [1.29, 1.82) is 0 Å². The lowest BCUT2D eigenvalue weighted by molar-refractivity contribution is 0.238. The Bertz CT molecular complexity index is 875. The molecule has 6 nitrogen and oxygen atoms in total. The molecular formula is C23H33IN6. The lowest BCUT2D eigenvalue weighted by atomic mass is 10.1. The number of nitrogens with zero attached hydrogens (tertiary/aromatic N) is 3. The van der Waals surface area contributed by atoms with Crippen LogP contribution in [0.1, 0.15) is 24.7 Å². The van der Waals surface area contributed by atoms with Crippen molar-refractivity contribution < 1.29 is 0 Å². The number of para-hydroxylation sites is 2. The van der Waals surface area contributed by atoms with Gasteiger partial charge in [0.25, 0.3) is 0 Å². The maximum Gasteiger partial charge on any atom is 0.190 e. The average Bonchev–Trinajstić information content (AvgIpc) is 3.16. The Morgan fingerprint density at radius 2 is 1.77 bits per heavy atom. The number of H-pyrrole nitrogens is 1. The lowest BCUT2D eigenvalue weighted by Crippen LogP contribution is -2.40. The van der Waals surface area contributed by atoms with E-state index < -0.39 is 0 Å². The van der Waals surface area contributed by atoms with Gasteiger partial charge in [-0.25, -0.2) is 4.98 Å². The summed E-state index contributed by atoms with van der Waals surface area (Å²) >= 11 is 0. The van der Waals surface area contributed by atoms with E-state index in [2.05, 4.69) is 80.9 Å². The van der Waals surface area contributed by atoms with Crippen molar-refractivity contribution in [2.75, 3.05) is 27.2 Å². The van der Waals surface area contributed by atoms with Crippen LogP contribution in [0.15, 0.2) is 59.6 Å². The SMILES string of the molecule is CN=C(NCCc1nc2ccccc2[nH]1)NCCC(C)N(C)Cc1ccccc1.I. The Labute approximate surface area is 196 Å². The summed E-state index contributed by atoms with van der Waals surface area (Å²) in [4.78, 5) is 14.7. The van der Waals surface area contributed by atoms with Gasteiger partial charge < -0.3 is 15.6 Å². The van der Waals surface area contributed by atoms with E-state index in [0.717, 1.165) is 55.3 Å². The third-order valence-electron chi connectivity index (χ3n) is 5.20. The summed E-state index contributed by atoms with van der Waals surface area (Å²) in [5.41, 5.74) is 3.44. The van der Waals surface area contributed by atoms with Gasteiger partial charge in [-0.3, -0.25) is 9.89 Å². The number of aliphatic imine (C=N–C) groups is 1. The van der Waals surface area contributed by atoms with Gasteiger partial charge in [0, 0.05) is 39.1 Å². The van der Waals surface area contributed by atoms with Crippen LogP contribution in [-0.4, -0.2) is 54.1 Å². The van der Waals surface area contributed by atoms with Crippen molar-refractivity contribution in [3.05, 3.63) is 66.0 Å². The first-order valence-electron chi connectivity index (χ1n) is 10.3. The molecule has 7 heteroatoms. The molecule has 0 saturated carbocycles. The fourth-order valence-electron chi connectivity index (χ4n) is 3.29. The lowest BCUT2D eigenvalue weighted by Gasteiger charge is -2.25. The van der Waals surface area contributed by atoms with Gasteiger partial charge in [0.15, 0.2) is 5.96 Å². The highest BCUT2D eigenvalue weighted by molar-refractivity contribution is 14.0. The maximum absolute atomic E-state index is 4.61. The molecular weight excluding hydrogens is 487 g/mol. The van der Waals surface area contributed by atoms with E-state index in [1.165, 1.54) is 5.56 Å².